The van der Waals surface area contributed by atoms with Crippen LogP contribution in [0.5, 0.6) is 11.5 Å². The monoisotopic (exact) mass is 584 g/mol. The second kappa shape index (κ2) is 10.3. The van der Waals surface area contributed by atoms with Gasteiger partial charge in [0, 0.05) is 29.4 Å². The maximum absolute atomic E-state index is 14.9. The number of anilines is 2. The standard InChI is InChI=1S/C36H28N2O6/c1-21(39)44-25-17-14-23(15-18-25)34(41)32-31(33(40)24-9-7-10-26(20-24)43-2)36(27-11-4-5-12-28(27)37-35(36)42)30-19-16-22-8-3-6-13-29(22)38(30)32/h3-20,30-32H,1-2H3,(H,37,42)/t30-,31+,32+,36-/m1/s1. The molecule has 8 heteroatoms. The van der Waals surface area contributed by atoms with Crippen LogP contribution >= 0.6 is 0 Å². The molecule has 1 fully saturated rings. The predicted molar refractivity (Wildman–Crippen MR) is 165 cm³/mol. The van der Waals surface area contributed by atoms with Gasteiger partial charge in [-0.15, -0.1) is 0 Å². The number of amides is 1. The number of hydrogen-bond acceptors (Lipinski definition) is 7. The Labute approximate surface area is 253 Å². The SMILES string of the molecule is COc1cccc(C(=O)[C@@H]2[C@@H](C(=O)c3ccc(OC(C)=O)cc3)N3c4ccccc4C=C[C@@H]3[C@@]23C(=O)Nc2ccccc23)c1. The van der Waals surface area contributed by atoms with Crippen molar-refractivity contribution >= 4 is 40.9 Å². The minimum atomic E-state index is -1.42. The fraction of sp³-hybridized carbons (Fsp3) is 0.167. The molecule has 3 heterocycles. The van der Waals surface area contributed by atoms with Crippen molar-refractivity contribution in [2.75, 3.05) is 17.3 Å². The van der Waals surface area contributed by atoms with Gasteiger partial charge in [0.2, 0.25) is 5.91 Å². The first-order chi connectivity index (χ1) is 21.3. The first kappa shape index (κ1) is 27.3. The number of carbonyl (C=O) groups is 4. The average molecular weight is 585 g/mol. The summed E-state index contributed by atoms with van der Waals surface area (Å²) >= 11 is 0. The van der Waals surface area contributed by atoms with Crippen molar-refractivity contribution in [3.05, 3.63) is 125 Å². The first-order valence-corrected chi connectivity index (χ1v) is 14.3. The van der Waals surface area contributed by atoms with Gasteiger partial charge in [0.05, 0.1) is 19.1 Å². The van der Waals surface area contributed by atoms with E-state index >= 15 is 0 Å². The lowest BCUT2D eigenvalue weighted by atomic mass is 9.64. The van der Waals surface area contributed by atoms with Crippen molar-refractivity contribution in [2.45, 2.75) is 24.4 Å². The van der Waals surface area contributed by atoms with Gasteiger partial charge < -0.3 is 19.7 Å². The third-order valence-electron chi connectivity index (χ3n) is 8.85. The molecule has 3 aliphatic rings. The third kappa shape index (κ3) is 3.98. The summed E-state index contributed by atoms with van der Waals surface area (Å²) in [5.41, 5.74) is 2.17. The molecule has 0 aliphatic carbocycles. The zero-order valence-corrected chi connectivity index (χ0v) is 24.0. The van der Waals surface area contributed by atoms with Crippen molar-refractivity contribution in [2.24, 2.45) is 5.92 Å². The topological polar surface area (TPSA) is 102 Å². The van der Waals surface area contributed by atoms with Crippen LogP contribution in [0.1, 0.15) is 38.8 Å². The van der Waals surface area contributed by atoms with Crippen LogP contribution in [0.25, 0.3) is 6.08 Å². The number of para-hydroxylation sites is 2. The summed E-state index contributed by atoms with van der Waals surface area (Å²) in [7, 11) is 1.52. The molecule has 1 saturated heterocycles. The zero-order chi connectivity index (χ0) is 30.6. The van der Waals surface area contributed by atoms with Crippen molar-refractivity contribution in [1.29, 1.82) is 0 Å². The van der Waals surface area contributed by atoms with Gasteiger partial charge in [0.1, 0.15) is 23.0 Å². The Morgan fingerprint density at radius 1 is 0.818 bits per heavy atom. The molecule has 0 bridgehead atoms. The molecule has 3 aliphatic heterocycles. The van der Waals surface area contributed by atoms with E-state index in [1.165, 1.54) is 14.0 Å². The number of rotatable bonds is 6. The molecule has 0 unspecified atom stereocenters. The zero-order valence-electron chi connectivity index (χ0n) is 24.0. The number of methoxy groups -OCH3 is 1. The van der Waals surface area contributed by atoms with E-state index in [4.69, 9.17) is 9.47 Å². The maximum atomic E-state index is 14.9. The van der Waals surface area contributed by atoms with Crippen LogP contribution in [0, 0.1) is 5.92 Å². The van der Waals surface area contributed by atoms with Crippen LogP contribution in [-0.4, -0.2) is 42.6 Å². The summed E-state index contributed by atoms with van der Waals surface area (Å²) in [6.45, 7) is 1.30. The van der Waals surface area contributed by atoms with Crippen molar-refractivity contribution < 1.29 is 28.7 Å². The summed E-state index contributed by atoms with van der Waals surface area (Å²) in [5, 5.41) is 3.03. The molecule has 4 aromatic rings. The number of ketones is 2. The van der Waals surface area contributed by atoms with Gasteiger partial charge in [-0.2, -0.15) is 0 Å². The normalized spacial score (nSPS) is 22.5. The summed E-state index contributed by atoms with van der Waals surface area (Å²) in [4.78, 5) is 57.6. The number of fused-ring (bicyclic) bond motifs is 6. The molecule has 4 atom stereocenters. The van der Waals surface area contributed by atoms with E-state index in [1.807, 2.05) is 65.6 Å². The Balaban J connectivity index is 1.48. The predicted octanol–water partition coefficient (Wildman–Crippen LogP) is 5.48. The highest BCUT2D eigenvalue weighted by Crippen LogP contribution is 2.58. The lowest BCUT2D eigenvalue weighted by molar-refractivity contribution is -0.131. The fourth-order valence-electron chi connectivity index (χ4n) is 7.10. The van der Waals surface area contributed by atoms with E-state index < -0.39 is 29.4 Å². The number of benzene rings is 4. The Morgan fingerprint density at radius 2 is 1.57 bits per heavy atom. The molecule has 0 radical (unpaired) electrons. The van der Waals surface area contributed by atoms with E-state index in [0.29, 0.717) is 33.9 Å². The fourth-order valence-corrected chi connectivity index (χ4v) is 7.10. The molecule has 8 nitrogen and oxygen atoms in total. The number of esters is 1. The number of nitrogens with one attached hydrogen (secondary N) is 1. The average Bonchev–Trinajstić information content (AvgIpc) is 3.52. The second-order valence-electron chi connectivity index (χ2n) is 11.1. The quantitative estimate of drug-likeness (QED) is 0.182. The van der Waals surface area contributed by atoms with Gasteiger partial charge in [-0.1, -0.05) is 60.7 Å². The smallest absolute Gasteiger partial charge is 0.308 e. The first-order valence-electron chi connectivity index (χ1n) is 14.3. The minimum absolute atomic E-state index is 0.300. The highest BCUT2D eigenvalue weighted by molar-refractivity contribution is 6.18. The molecule has 218 valence electrons. The van der Waals surface area contributed by atoms with Gasteiger partial charge in [0.25, 0.3) is 0 Å². The number of ether oxygens (including phenoxy) is 2. The highest BCUT2D eigenvalue weighted by atomic mass is 16.5. The Hall–Kier alpha value is -5.50. The van der Waals surface area contributed by atoms with Crippen LogP contribution in [0.3, 0.4) is 0 Å². The summed E-state index contributed by atoms with van der Waals surface area (Å²) in [6.07, 6.45) is 3.90. The Bertz CT molecular complexity index is 1880. The number of nitrogens with zero attached hydrogens (tertiary/aromatic N) is 1. The number of hydrogen-bond donors (Lipinski definition) is 1. The highest BCUT2D eigenvalue weighted by Gasteiger charge is 2.70. The van der Waals surface area contributed by atoms with Crippen molar-refractivity contribution in [3.63, 3.8) is 0 Å². The molecule has 44 heavy (non-hydrogen) atoms. The molecule has 7 rings (SSSR count). The lowest BCUT2D eigenvalue weighted by Gasteiger charge is -2.37. The molecule has 1 spiro atoms. The molecule has 0 aromatic heterocycles. The van der Waals surface area contributed by atoms with Crippen LogP contribution in [0.2, 0.25) is 0 Å². The number of carbonyl (C=O) groups excluding carboxylic acids is 4. The molecule has 1 amide bonds. The van der Waals surface area contributed by atoms with Crippen LogP contribution < -0.4 is 19.7 Å². The van der Waals surface area contributed by atoms with E-state index in [-0.39, 0.29) is 17.5 Å². The van der Waals surface area contributed by atoms with E-state index in [2.05, 4.69) is 5.32 Å². The lowest BCUT2D eigenvalue weighted by Crippen LogP contribution is -2.51. The van der Waals surface area contributed by atoms with Crippen LogP contribution in [0.4, 0.5) is 11.4 Å². The minimum Gasteiger partial charge on any atom is -0.497 e. The summed E-state index contributed by atoms with van der Waals surface area (Å²) in [6, 6.07) is 26.4. The van der Waals surface area contributed by atoms with Gasteiger partial charge in [0.15, 0.2) is 11.6 Å². The molecule has 1 N–H and O–H groups in total. The van der Waals surface area contributed by atoms with E-state index in [9.17, 15) is 19.2 Å². The molecular weight excluding hydrogens is 556 g/mol. The van der Waals surface area contributed by atoms with Crippen molar-refractivity contribution in [1.82, 2.24) is 0 Å². The maximum Gasteiger partial charge on any atom is 0.308 e. The second-order valence-corrected chi connectivity index (χ2v) is 11.1. The largest absolute Gasteiger partial charge is 0.497 e. The van der Waals surface area contributed by atoms with Crippen molar-refractivity contribution in [3.8, 4) is 11.5 Å². The van der Waals surface area contributed by atoms with Crippen LogP contribution in [-0.2, 0) is 15.0 Å². The number of Topliss-reactive ketones (excluding diaryl/α,β-unsaturated/α-hetero) is 2. The third-order valence-corrected chi connectivity index (χ3v) is 8.85. The van der Waals surface area contributed by atoms with E-state index in [1.54, 1.807) is 48.5 Å². The van der Waals surface area contributed by atoms with Gasteiger partial charge in [-0.05, 0) is 59.7 Å². The summed E-state index contributed by atoms with van der Waals surface area (Å²) < 4.78 is 10.6. The van der Waals surface area contributed by atoms with Gasteiger partial charge in [-0.3, -0.25) is 19.2 Å². The van der Waals surface area contributed by atoms with Gasteiger partial charge in [-0.25, -0.2) is 0 Å². The summed E-state index contributed by atoms with van der Waals surface area (Å²) in [5.74, 6) is -1.80. The Kier molecular flexibility index (Phi) is 6.43. The molecule has 0 saturated carbocycles. The van der Waals surface area contributed by atoms with Crippen LogP contribution in [0.15, 0.2) is 103 Å². The van der Waals surface area contributed by atoms with Gasteiger partial charge >= 0.3 is 5.97 Å². The molecular formula is C36H28N2O6. The molecule has 4 aromatic carbocycles. The van der Waals surface area contributed by atoms with E-state index in [0.717, 1.165) is 11.3 Å². The Morgan fingerprint density at radius 3 is 2.34 bits per heavy atom.